The molecule has 0 spiro atoms. The molecule has 108 valence electrons. The summed E-state index contributed by atoms with van der Waals surface area (Å²) in [5, 5.41) is 6.61. The molecule has 2 nitrogen and oxygen atoms in total. The molecule has 0 radical (unpaired) electrons. The first-order chi connectivity index (χ1) is 9.69. The van der Waals surface area contributed by atoms with Gasteiger partial charge in [0.2, 0.25) is 0 Å². The van der Waals surface area contributed by atoms with Gasteiger partial charge >= 0.3 is 0 Å². The fourth-order valence-electron chi connectivity index (χ4n) is 2.28. The van der Waals surface area contributed by atoms with Crippen molar-refractivity contribution >= 4 is 11.3 Å². The lowest BCUT2D eigenvalue weighted by atomic mass is 9.94. The highest BCUT2D eigenvalue weighted by Crippen LogP contribution is 2.22. The Bertz CT molecular complexity index is 539. The first kappa shape index (κ1) is 15.1. The minimum absolute atomic E-state index is 0.169. The molecule has 1 aromatic carbocycles. The van der Waals surface area contributed by atoms with E-state index in [0.29, 0.717) is 0 Å². The van der Waals surface area contributed by atoms with Crippen molar-refractivity contribution in [1.82, 2.24) is 10.3 Å². The largest absolute Gasteiger partial charge is 0.316 e. The molecule has 1 N–H and O–H groups in total. The number of aromatic nitrogens is 1. The third-order valence-corrected chi connectivity index (χ3v) is 4.08. The summed E-state index contributed by atoms with van der Waals surface area (Å²) in [6, 6.07) is 6.91. The summed E-state index contributed by atoms with van der Waals surface area (Å²) in [6.45, 7) is 6.00. The standard InChI is InChI=1S/C16H21FN2S/c1-3-7-18-10-14(9-16-11-20-12(2)19-16)13-5-4-6-15(17)8-13/h4-6,8,11,14,18H,3,7,9-10H2,1-2H3. The Hall–Kier alpha value is -1.26. The van der Waals surface area contributed by atoms with Gasteiger partial charge in [0.25, 0.3) is 0 Å². The van der Waals surface area contributed by atoms with Crippen LogP contribution in [-0.4, -0.2) is 18.1 Å². The lowest BCUT2D eigenvalue weighted by Crippen LogP contribution is -2.24. The van der Waals surface area contributed by atoms with E-state index in [1.807, 2.05) is 13.0 Å². The van der Waals surface area contributed by atoms with E-state index in [4.69, 9.17) is 0 Å². The molecule has 2 rings (SSSR count). The van der Waals surface area contributed by atoms with Gasteiger partial charge in [0.05, 0.1) is 10.7 Å². The van der Waals surface area contributed by atoms with E-state index < -0.39 is 0 Å². The number of rotatable bonds is 7. The minimum Gasteiger partial charge on any atom is -0.316 e. The van der Waals surface area contributed by atoms with Crippen LogP contribution in [0.3, 0.4) is 0 Å². The molecular formula is C16H21FN2S. The van der Waals surface area contributed by atoms with Crippen LogP contribution in [0.1, 0.15) is 35.5 Å². The van der Waals surface area contributed by atoms with Gasteiger partial charge in [-0.2, -0.15) is 0 Å². The normalized spacial score (nSPS) is 12.6. The zero-order valence-electron chi connectivity index (χ0n) is 12.0. The Labute approximate surface area is 124 Å². The molecule has 1 heterocycles. The Morgan fingerprint density at radius 2 is 2.25 bits per heavy atom. The maximum absolute atomic E-state index is 13.4. The lowest BCUT2D eigenvalue weighted by Gasteiger charge is -2.17. The van der Waals surface area contributed by atoms with Crippen molar-refractivity contribution in [3.05, 3.63) is 51.7 Å². The van der Waals surface area contributed by atoms with Crippen LogP contribution in [0.25, 0.3) is 0 Å². The molecule has 1 aromatic heterocycles. The molecule has 0 saturated heterocycles. The van der Waals surface area contributed by atoms with Crippen LogP contribution >= 0.6 is 11.3 Å². The molecule has 0 aliphatic rings. The molecule has 4 heteroatoms. The molecular weight excluding hydrogens is 271 g/mol. The van der Waals surface area contributed by atoms with Gasteiger partial charge in [-0.15, -0.1) is 11.3 Å². The quantitative estimate of drug-likeness (QED) is 0.782. The molecule has 0 amide bonds. The van der Waals surface area contributed by atoms with E-state index in [1.165, 1.54) is 6.07 Å². The number of halogens is 1. The second-order valence-corrected chi connectivity index (χ2v) is 6.08. The first-order valence-electron chi connectivity index (χ1n) is 7.06. The van der Waals surface area contributed by atoms with Crippen molar-refractivity contribution in [3.8, 4) is 0 Å². The summed E-state index contributed by atoms with van der Waals surface area (Å²) in [4.78, 5) is 4.52. The number of nitrogens with one attached hydrogen (secondary N) is 1. The van der Waals surface area contributed by atoms with E-state index >= 15 is 0 Å². The summed E-state index contributed by atoms with van der Waals surface area (Å²) >= 11 is 1.67. The molecule has 1 atom stereocenters. The van der Waals surface area contributed by atoms with Gasteiger partial charge in [-0.05, 0) is 44.0 Å². The predicted octanol–water partition coefficient (Wildman–Crippen LogP) is 3.92. The zero-order valence-corrected chi connectivity index (χ0v) is 12.8. The van der Waals surface area contributed by atoms with Crippen LogP contribution in [0.15, 0.2) is 29.6 Å². The second-order valence-electron chi connectivity index (χ2n) is 5.02. The Kier molecular flexibility index (Phi) is 5.68. The fraction of sp³-hybridized carbons (Fsp3) is 0.438. The predicted molar refractivity (Wildman–Crippen MR) is 82.9 cm³/mol. The fourth-order valence-corrected chi connectivity index (χ4v) is 2.90. The molecule has 0 fully saturated rings. The number of thiazole rings is 1. The molecule has 1 unspecified atom stereocenters. The van der Waals surface area contributed by atoms with Crippen LogP contribution in [0, 0.1) is 12.7 Å². The average molecular weight is 292 g/mol. The van der Waals surface area contributed by atoms with Crippen molar-refractivity contribution in [2.45, 2.75) is 32.6 Å². The van der Waals surface area contributed by atoms with Gasteiger partial charge < -0.3 is 5.32 Å². The maximum Gasteiger partial charge on any atom is 0.123 e. The van der Waals surface area contributed by atoms with Crippen LogP contribution in [0.2, 0.25) is 0 Å². The summed E-state index contributed by atoms with van der Waals surface area (Å²) in [5.41, 5.74) is 2.14. The van der Waals surface area contributed by atoms with Crippen LogP contribution in [0.5, 0.6) is 0 Å². The van der Waals surface area contributed by atoms with Crippen LogP contribution in [0.4, 0.5) is 4.39 Å². The molecule has 0 aliphatic heterocycles. The lowest BCUT2D eigenvalue weighted by molar-refractivity contribution is 0.565. The van der Waals surface area contributed by atoms with E-state index in [1.54, 1.807) is 23.5 Å². The van der Waals surface area contributed by atoms with Gasteiger partial charge in [-0.25, -0.2) is 9.37 Å². The summed E-state index contributed by atoms with van der Waals surface area (Å²) < 4.78 is 13.4. The van der Waals surface area contributed by atoms with Crippen molar-refractivity contribution in [2.24, 2.45) is 0 Å². The third kappa shape index (κ3) is 4.39. The number of nitrogens with zero attached hydrogens (tertiary/aromatic N) is 1. The number of benzene rings is 1. The first-order valence-corrected chi connectivity index (χ1v) is 7.94. The molecule has 0 saturated carbocycles. The summed E-state index contributed by atoms with van der Waals surface area (Å²) in [6.07, 6.45) is 1.95. The summed E-state index contributed by atoms with van der Waals surface area (Å²) in [7, 11) is 0. The zero-order chi connectivity index (χ0) is 14.4. The molecule has 2 aromatic rings. The van der Waals surface area contributed by atoms with Crippen molar-refractivity contribution < 1.29 is 4.39 Å². The third-order valence-electron chi connectivity index (χ3n) is 3.26. The number of hydrogen-bond donors (Lipinski definition) is 1. The van der Waals surface area contributed by atoms with E-state index in [0.717, 1.165) is 42.2 Å². The molecule has 0 aliphatic carbocycles. The number of hydrogen-bond acceptors (Lipinski definition) is 3. The highest BCUT2D eigenvalue weighted by Gasteiger charge is 2.14. The van der Waals surface area contributed by atoms with Crippen molar-refractivity contribution in [1.29, 1.82) is 0 Å². The summed E-state index contributed by atoms with van der Waals surface area (Å²) in [5.74, 6) is 0.0937. The van der Waals surface area contributed by atoms with Crippen LogP contribution in [-0.2, 0) is 6.42 Å². The van der Waals surface area contributed by atoms with Gasteiger partial charge in [0.15, 0.2) is 0 Å². The Balaban J connectivity index is 2.11. The number of aryl methyl sites for hydroxylation is 1. The van der Waals surface area contributed by atoms with E-state index in [2.05, 4.69) is 22.6 Å². The van der Waals surface area contributed by atoms with Gasteiger partial charge in [0.1, 0.15) is 5.82 Å². The maximum atomic E-state index is 13.4. The topological polar surface area (TPSA) is 24.9 Å². The van der Waals surface area contributed by atoms with E-state index in [-0.39, 0.29) is 11.7 Å². The van der Waals surface area contributed by atoms with Crippen molar-refractivity contribution in [3.63, 3.8) is 0 Å². The van der Waals surface area contributed by atoms with Gasteiger partial charge in [-0.3, -0.25) is 0 Å². The SMILES string of the molecule is CCCNCC(Cc1csc(C)n1)c1cccc(F)c1. The monoisotopic (exact) mass is 292 g/mol. The Morgan fingerprint density at radius 3 is 2.90 bits per heavy atom. The van der Waals surface area contributed by atoms with Gasteiger partial charge in [0, 0.05) is 17.8 Å². The Morgan fingerprint density at radius 1 is 1.40 bits per heavy atom. The highest BCUT2D eigenvalue weighted by molar-refractivity contribution is 7.09. The molecule has 0 bridgehead atoms. The highest BCUT2D eigenvalue weighted by atomic mass is 32.1. The average Bonchev–Trinajstić information content (AvgIpc) is 2.83. The van der Waals surface area contributed by atoms with Crippen LogP contribution < -0.4 is 5.32 Å². The smallest absolute Gasteiger partial charge is 0.123 e. The van der Waals surface area contributed by atoms with Crippen molar-refractivity contribution in [2.75, 3.05) is 13.1 Å². The minimum atomic E-state index is -0.169. The van der Waals surface area contributed by atoms with Gasteiger partial charge in [-0.1, -0.05) is 19.1 Å². The molecule has 20 heavy (non-hydrogen) atoms. The van der Waals surface area contributed by atoms with E-state index in [9.17, 15) is 4.39 Å². The second kappa shape index (κ2) is 7.50.